The zero-order valence-corrected chi connectivity index (χ0v) is 16.0. The molecule has 146 valence electrons. The molecule has 1 heterocycles. The van der Waals surface area contributed by atoms with Crippen LogP contribution in [-0.2, 0) is 4.79 Å². The van der Waals surface area contributed by atoms with Crippen molar-refractivity contribution in [2.24, 2.45) is 0 Å². The lowest BCUT2D eigenvalue weighted by molar-refractivity contribution is -0.128. The molecule has 0 saturated heterocycles. The Morgan fingerprint density at radius 2 is 1.89 bits per heavy atom. The molecule has 0 aliphatic heterocycles. The number of nitriles is 2. The standard InChI is InChI=1S/C18H18FN5O3S/c1-13(26-15-6-4-14(19)5-7-15)17-22-23-18(27-17)28-12-16(25)24(10-2-8-20)11-3-9-21/h4-7,13H,2-3,10-12H2,1H3/t13-/m0/s1. The van der Waals surface area contributed by atoms with Gasteiger partial charge in [-0.1, -0.05) is 11.8 Å². The lowest BCUT2D eigenvalue weighted by atomic mass is 10.3. The zero-order valence-electron chi connectivity index (χ0n) is 15.2. The Morgan fingerprint density at radius 3 is 2.50 bits per heavy atom. The Balaban J connectivity index is 1.88. The maximum atomic E-state index is 12.9. The molecule has 0 saturated carbocycles. The number of ether oxygens (including phenoxy) is 1. The largest absolute Gasteiger partial charge is 0.481 e. The third-order valence-corrected chi connectivity index (χ3v) is 4.36. The van der Waals surface area contributed by atoms with Gasteiger partial charge in [-0.25, -0.2) is 4.39 Å². The molecular weight excluding hydrogens is 385 g/mol. The van der Waals surface area contributed by atoms with E-state index in [2.05, 4.69) is 10.2 Å². The fourth-order valence-electron chi connectivity index (χ4n) is 2.16. The minimum Gasteiger partial charge on any atom is -0.481 e. The van der Waals surface area contributed by atoms with E-state index >= 15 is 0 Å². The number of rotatable bonds is 10. The molecular formula is C18H18FN5O3S. The number of thioether (sulfide) groups is 1. The minimum absolute atomic E-state index is 0.0473. The van der Waals surface area contributed by atoms with E-state index in [4.69, 9.17) is 19.7 Å². The zero-order chi connectivity index (χ0) is 20.4. The number of amides is 1. The van der Waals surface area contributed by atoms with Crippen molar-refractivity contribution in [3.63, 3.8) is 0 Å². The van der Waals surface area contributed by atoms with Gasteiger partial charge in [0.15, 0.2) is 6.10 Å². The SMILES string of the molecule is C[C@H](Oc1ccc(F)cc1)c1nnc(SCC(=O)N(CCC#N)CCC#N)o1. The van der Waals surface area contributed by atoms with Gasteiger partial charge in [0.05, 0.1) is 30.7 Å². The maximum Gasteiger partial charge on any atom is 0.277 e. The van der Waals surface area contributed by atoms with Gasteiger partial charge in [-0.15, -0.1) is 10.2 Å². The summed E-state index contributed by atoms with van der Waals surface area (Å²) in [6, 6.07) is 9.52. The summed E-state index contributed by atoms with van der Waals surface area (Å²) < 4.78 is 24.0. The van der Waals surface area contributed by atoms with Crippen molar-refractivity contribution in [2.75, 3.05) is 18.8 Å². The lowest BCUT2D eigenvalue weighted by Crippen LogP contribution is -2.34. The quantitative estimate of drug-likeness (QED) is 0.556. The van der Waals surface area contributed by atoms with Crippen LogP contribution in [-0.4, -0.2) is 39.8 Å². The molecule has 2 rings (SSSR count). The molecule has 0 bridgehead atoms. The molecule has 0 spiro atoms. The summed E-state index contributed by atoms with van der Waals surface area (Å²) in [7, 11) is 0. The van der Waals surface area contributed by atoms with E-state index in [0.29, 0.717) is 5.75 Å². The van der Waals surface area contributed by atoms with Gasteiger partial charge in [-0.3, -0.25) is 4.79 Å². The smallest absolute Gasteiger partial charge is 0.277 e. The van der Waals surface area contributed by atoms with E-state index < -0.39 is 6.10 Å². The van der Waals surface area contributed by atoms with Crippen LogP contribution in [0.4, 0.5) is 4.39 Å². The summed E-state index contributed by atoms with van der Waals surface area (Å²) in [6.45, 7) is 2.26. The van der Waals surface area contributed by atoms with Crippen LogP contribution >= 0.6 is 11.8 Å². The normalized spacial score (nSPS) is 11.3. The van der Waals surface area contributed by atoms with Crippen LogP contribution in [0.5, 0.6) is 5.75 Å². The highest BCUT2D eigenvalue weighted by atomic mass is 32.2. The van der Waals surface area contributed by atoms with Crippen molar-refractivity contribution in [2.45, 2.75) is 31.1 Å². The molecule has 0 aliphatic carbocycles. The Hall–Kier alpha value is -3.11. The fourth-order valence-corrected chi connectivity index (χ4v) is 2.83. The first kappa shape index (κ1) is 21.2. The molecule has 0 N–H and O–H groups in total. The highest BCUT2D eigenvalue weighted by Crippen LogP contribution is 2.24. The number of carbonyl (C=O) groups excluding carboxylic acids is 1. The van der Waals surface area contributed by atoms with Crippen LogP contribution in [0.15, 0.2) is 33.9 Å². The number of halogens is 1. The molecule has 0 unspecified atom stereocenters. The van der Waals surface area contributed by atoms with Crippen LogP contribution in [0.3, 0.4) is 0 Å². The van der Waals surface area contributed by atoms with Crippen molar-refractivity contribution in [3.8, 4) is 17.9 Å². The highest BCUT2D eigenvalue weighted by molar-refractivity contribution is 7.99. The predicted molar refractivity (Wildman–Crippen MR) is 97.5 cm³/mol. The van der Waals surface area contributed by atoms with Crippen molar-refractivity contribution < 1.29 is 18.3 Å². The Bertz CT molecular complexity index is 841. The van der Waals surface area contributed by atoms with Crippen molar-refractivity contribution >= 4 is 17.7 Å². The highest BCUT2D eigenvalue weighted by Gasteiger charge is 2.18. The van der Waals surface area contributed by atoms with E-state index in [1.165, 1.54) is 29.2 Å². The molecule has 0 aliphatic rings. The average molecular weight is 403 g/mol. The summed E-state index contributed by atoms with van der Waals surface area (Å²) in [5, 5.41) is 25.4. The molecule has 10 heteroatoms. The van der Waals surface area contributed by atoms with E-state index in [1.807, 2.05) is 12.1 Å². The van der Waals surface area contributed by atoms with Crippen LogP contribution in [0, 0.1) is 28.5 Å². The Labute approximate surface area is 165 Å². The van der Waals surface area contributed by atoms with Gasteiger partial charge >= 0.3 is 0 Å². The molecule has 0 radical (unpaired) electrons. The van der Waals surface area contributed by atoms with Gasteiger partial charge in [-0.05, 0) is 31.2 Å². The van der Waals surface area contributed by atoms with Gasteiger partial charge in [0.2, 0.25) is 5.91 Å². The van der Waals surface area contributed by atoms with E-state index in [0.717, 1.165) is 11.8 Å². The van der Waals surface area contributed by atoms with Crippen molar-refractivity contribution in [1.82, 2.24) is 15.1 Å². The summed E-state index contributed by atoms with van der Waals surface area (Å²) in [5.41, 5.74) is 0. The maximum absolute atomic E-state index is 12.9. The second-order valence-electron chi connectivity index (χ2n) is 5.61. The second-order valence-corrected chi connectivity index (χ2v) is 6.53. The fraction of sp³-hybridized carbons (Fsp3) is 0.389. The average Bonchev–Trinajstić information content (AvgIpc) is 3.17. The minimum atomic E-state index is -0.550. The molecule has 28 heavy (non-hydrogen) atoms. The van der Waals surface area contributed by atoms with Crippen LogP contribution in [0.1, 0.15) is 31.8 Å². The molecule has 1 aromatic heterocycles. The van der Waals surface area contributed by atoms with E-state index in [1.54, 1.807) is 6.92 Å². The van der Waals surface area contributed by atoms with Crippen LogP contribution in [0.25, 0.3) is 0 Å². The first-order valence-corrected chi connectivity index (χ1v) is 9.42. The summed E-state index contributed by atoms with van der Waals surface area (Å²) in [6.07, 6.45) is -0.152. The second kappa shape index (κ2) is 10.9. The molecule has 8 nitrogen and oxygen atoms in total. The number of hydrogen-bond donors (Lipinski definition) is 0. The number of aromatic nitrogens is 2. The Kier molecular flexibility index (Phi) is 8.25. The number of benzene rings is 1. The lowest BCUT2D eigenvalue weighted by Gasteiger charge is -2.19. The van der Waals surface area contributed by atoms with Gasteiger partial charge in [0, 0.05) is 13.1 Å². The number of nitrogens with zero attached hydrogens (tertiary/aromatic N) is 5. The Morgan fingerprint density at radius 1 is 1.25 bits per heavy atom. The van der Waals surface area contributed by atoms with Crippen LogP contribution < -0.4 is 4.74 Å². The van der Waals surface area contributed by atoms with Gasteiger partial charge in [-0.2, -0.15) is 10.5 Å². The molecule has 2 aromatic rings. The van der Waals surface area contributed by atoms with E-state index in [-0.39, 0.29) is 54.5 Å². The summed E-state index contributed by atoms with van der Waals surface area (Å²) in [5.74, 6) is 0.156. The van der Waals surface area contributed by atoms with E-state index in [9.17, 15) is 9.18 Å². The first-order chi connectivity index (χ1) is 13.5. The number of carbonyl (C=O) groups is 1. The molecule has 1 atom stereocenters. The van der Waals surface area contributed by atoms with Gasteiger partial charge in [0.1, 0.15) is 11.6 Å². The van der Waals surface area contributed by atoms with Crippen molar-refractivity contribution in [1.29, 1.82) is 10.5 Å². The molecule has 1 aromatic carbocycles. The monoisotopic (exact) mass is 403 g/mol. The molecule has 1 amide bonds. The van der Waals surface area contributed by atoms with Crippen molar-refractivity contribution in [3.05, 3.63) is 36.0 Å². The number of hydrogen-bond acceptors (Lipinski definition) is 8. The van der Waals surface area contributed by atoms with Gasteiger partial charge in [0.25, 0.3) is 11.1 Å². The topological polar surface area (TPSA) is 116 Å². The third-order valence-electron chi connectivity index (χ3n) is 3.56. The summed E-state index contributed by atoms with van der Waals surface area (Å²) in [4.78, 5) is 13.7. The summed E-state index contributed by atoms with van der Waals surface area (Å²) >= 11 is 1.07. The molecule has 0 fully saturated rings. The predicted octanol–water partition coefficient (Wildman–Crippen LogP) is 3.10. The van der Waals surface area contributed by atoms with Gasteiger partial charge < -0.3 is 14.1 Å². The van der Waals surface area contributed by atoms with Crippen LogP contribution in [0.2, 0.25) is 0 Å². The third kappa shape index (κ3) is 6.56. The first-order valence-electron chi connectivity index (χ1n) is 8.43.